The van der Waals surface area contributed by atoms with Gasteiger partial charge < -0.3 is 15.7 Å². The van der Waals surface area contributed by atoms with Gasteiger partial charge in [-0.15, -0.1) is 0 Å². The van der Waals surface area contributed by atoms with Crippen molar-refractivity contribution in [3.63, 3.8) is 0 Å². The highest BCUT2D eigenvalue weighted by Crippen LogP contribution is 2.14. The number of anilines is 1. The van der Waals surface area contributed by atoms with Crippen molar-refractivity contribution >= 4 is 22.9 Å². The van der Waals surface area contributed by atoms with Crippen LogP contribution < -0.4 is 10.6 Å². The molecule has 0 heterocycles. The maximum absolute atomic E-state index is 8.70. The van der Waals surface area contributed by atoms with E-state index in [1.54, 1.807) is 0 Å². The van der Waals surface area contributed by atoms with E-state index in [4.69, 9.17) is 23.1 Å². The van der Waals surface area contributed by atoms with Crippen molar-refractivity contribution in [1.29, 1.82) is 0 Å². The number of hydrogen-bond donors (Lipinski definition) is 2. The molecular weight excluding hydrogens is 220 g/mol. The number of nitrogens with two attached hydrogens (primary N) is 1. The molecule has 4 heteroatoms. The van der Waals surface area contributed by atoms with E-state index < -0.39 is 0 Å². The van der Waals surface area contributed by atoms with Crippen LogP contribution in [0.2, 0.25) is 0 Å². The van der Waals surface area contributed by atoms with Crippen LogP contribution in [0.25, 0.3) is 0 Å². The highest BCUT2D eigenvalue weighted by Gasteiger charge is 2.01. The molecule has 0 aliphatic rings. The maximum Gasteiger partial charge on any atom is 0.103 e. The second-order valence-corrected chi connectivity index (χ2v) is 4.20. The Bertz CT molecular complexity index is 337. The van der Waals surface area contributed by atoms with Crippen LogP contribution in [-0.4, -0.2) is 30.3 Å². The zero-order valence-corrected chi connectivity index (χ0v) is 10.3. The highest BCUT2D eigenvalue weighted by atomic mass is 32.1. The third kappa shape index (κ3) is 3.79. The van der Waals surface area contributed by atoms with E-state index in [-0.39, 0.29) is 6.61 Å². The predicted molar refractivity (Wildman–Crippen MR) is 71.9 cm³/mol. The number of unbranched alkanes of at least 4 members (excludes halogenated alkanes) is 1. The van der Waals surface area contributed by atoms with E-state index in [2.05, 4.69) is 4.90 Å². The van der Waals surface area contributed by atoms with Gasteiger partial charge >= 0.3 is 0 Å². The van der Waals surface area contributed by atoms with Crippen LogP contribution in [0.15, 0.2) is 24.3 Å². The summed E-state index contributed by atoms with van der Waals surface area (Å²) in [7, 11) is 2.03. The van der Waals surface area contributed by atoms with Gasteiger partial charge in [0, 0.05) is 31.5 Å². The second-order valence-electron chi connectivity index (χ2n) is 3.76. The zero-order valence-electron chi connectivity index (χ0n) is 9.52. The van der Waals surface area contributed by atoms with Crippen LogP contribution in [0, 0.1) is 0 Å². The summed E-state index contributed by atoms with van der Waals surface area (Å²) in [6.45, 7) is 1.20. The summed E-state index contributed by atoms with van der Waals surface area (Å²) in [5.41, 5.74) is 7.56. The topological polar surface area (TPSA) is 49.5 Å². The lowest BCUT2D eigenvalue weighted by atomic mass is 10.2. The molecule has 0 atom stereocenters. The summed E-state index contributed by atoms with van der Waals surface area (Å²) in [5.74, 6) is 0. The number of rotatable bonds is 6. The lowest BCUT2D eigenvalue weighted by molar-refractivity contribution is 0.285. The van der Waals surface area contributed by atoms with Crippen LogP contribution in [-0.2, 0) is 0 Å². The molecule has 0 fully saturated rings. The van der Waals surface area contributed by atoms with E-state index in [0.717, 1.165) is 30.6 Å². The Kier molecular flexibility index (Phi) is 5.22. The van der Waals surface area contributed by atoms with Gasteiger partial charge in [-0.3, -0.25) is 0 Å². The lowest BCUT2D eigenvalue weighted by Gasteiger charge is -2.19. The first-order chi connectivity index (χ1) is 7.65. The van der Waals surface area contributed by atoms with Crippen molar-refractivity contribution < 1.29 is 5.11 Å². The van der Waals surface area contributed by atoms with Crippen molar-refractivity contribution in [2.24, 2.45) is 5.73 Å². The minimum absolute atomic E-state index is 0.258. The quantitative estimate of drug-likeness (QED) is 0.583. The third-order valence-corrected chi connectivity index (χ3v) is 2.73. The van der Waals surface area contributed by atoms with Gasteiger partial charge in [-0.2, -0.15) is 0 Å². The summed E-state index contributed by atoms with van der Waals surface area (Å²) in [6, 6.07) is 7.88. The summed E-state index contributed by atoms with van der Waals surface area (Å²) in [6.07, 6.45) is 1.83. The maximum atomic E-state index is 8.70. The molecule has 0 aliphatic heterocycles. The fourth-order valence-electron chi connectivity index (χ4n) is 1.47. The highest BCUT2D eigenvalue weighted by molar-refractivity contribution is 7.80. The van der Waals surface area contributed by atoms with E-state index in [1.165, 1.54) is 0 Å². The molecule has 3 N–H and O–H groups in total. The largest absolute Gasteiger partial charge is 0.396 e. The van der Waals surface area contributed by atoms with Crippen molar-refractivity contribution in [1.82, 2.24) is 0 Å². The summed E-state index contributed by atoms with van der Waals surface area (Å²) < 4.78 is 0. The van der Waals surface area contributed by atoms with E-state index in [0.29, 0.717) is 4.99 Å². The zero-order chi connectivity index (χ0) is 12.0. The summed E-state index contributed by atoms with van der Waals surface area (Å²) >= 11 is 4.89. The predicted octanol–water partition coefficient (Wildman–Crippen LogP) is 1.53. The van der Waals surface area contributed by atoms with Gasteiger partial charge in [0.25, 0.3) is 0 Å². The number of benzene rings is 1. The molecule has 0 amide bonds. The molecule has 1 aromatic carbocycles. The fourth-order valence-corrected chi connectivity index (χ4v) is 1.61. The number of aliphatic hydroxyl groups excluding tert-OH is 1. The Morgan fingerprint density at radius 2 is 1.94 bits per heavy atom. The minimum Gasteiger partial charge on any atom is -0.396 e. The van der Waals surface area contributed by atoms with Crippen molar-refractivity contribution in [2.45, 2.75) is 12.8 Å². The summed E-state index contributed by atoms with van der Waals surface area (Å²) in [5, 5.41) is 8.70. The van der Waals surface area contributed by atoms with Gasteiger partial charge in [0.05, 0.1) is 0 Å². The molecule has 16 heavy (non-hydrogen) atoms. The molecule has 88 valence electrons. The molecule has 1 aromatic rings. The van der Waals surface area contributed by atoms with E-state index in [9.17, 15) is 0 Å². The Morgan fingerprint density at radius 1 is 1.31 bits per heavy atom. The SMILES string of the molecule is CN(CCCCO)c1ccc(C(N)=S)cc1. The normalized spacial score (nSPS) is 10.1. The van der Waals surface area contributed by atoms with Crippen LogP contribution >= 0.6 is 12.2 Å². The molecule has 0 unspecified atom stereocenters. The molecule has 0 aromatic heterocycles. The Morgan fingerprint density at radius 3 is 2.44 bits per heavy atom. The summed E-state index contributed by atoms with van der Waals surface area (Å²) in [4.78, 5) is 2.58. The first-order valence-corrected chi connectivity index (χ1v) is 5.78. The number of nitrogens with zero attached hydrogens (tertiary/aromatic N) is 1. The van der Waals surface area contributed by atoms with Crippen LogP contribution in [0.1, 0.15) is 18.4 Å². The van der Waals surface area contributed by atoms with Gasteiger partial charge in [0.1, 0.15) is 4.99 Å². The van der Waals surface area contributed by atoms with Crippen LogP contribution in [0.5, 0.6) is 0 Å². The monoisotopic (exact) mass is 238 g/mol. The average molecular weight is 238 g/mol. The average Bonchev–Trinajstić information content (AvgIpc) is 2.29. The first kappa shape index (κ1) is 12.9. The van der Waals surface area contributed by atoms with E-state index in [1.807, 2.05) is 31.3 Å². The van der Waals surface area contributed by atoms with Gasteiger partial charge in [0.15, 0.2) is 0 Å². The Hall–Kier alpha value is -1.13. The molecule has 0 saturated carbocycles. The lowest BCUT2D eigenvalue weighted by Crippen LogP contribution is -2.19. The first-order valence-electron chi connectivity index (χ1n) is 5.37. The van der Waals surface area contributed by atoms with Crippen molar-refractivity contribution in [3.8, 4) is 0 Å². The van der Waals surface area contributed by atoms with Crippen LogP contribution in [0.4, 0.5) is 5.69 Å². The Labute approximate surface area is 102 Å². The smallest absolute Gasteiger partial charge is 0.103 e. The Balaban J connectivity index is 2.56. The molecule has 0 aliphatic carbocycles. The molecule has 0 bridgehead atoms. The number of aliphatic hydroxyl groups is 1. The van der Waals surface area contributed by atoms with Gasteiger partial charge in [-0.05, 0) is 37.1 Å². The number of hydrogen-bond acceptors (Lipinski definition) is 3. The molecule has 3 nitrogen and oxygen atoms in total. The molecular formula is C12H18N2OS. The van der Waals surface area contributed by atoms with Gasteiger partial charge in [0.2, 0.25) is 0 Å². The molecule has 0 spiro atoms. The minimum atomic E-state index is 0.258. The molecule has 0 saturated heterocycles. The van der Waals surface area contributed by atoms with Gasteiger partial charge in [-0.1, -0.05) is 12.2 Å². The second kappa shape index (κ2) is 6.45. The third-order valence-electron chi connectivity index (χ3n) is 2.49. The van der Waals surface area contributed by atoms with Crippen LogP contribution in [0.3, 0.4) is 0 Å². The van der Waals surface area contributed by atoms with Crippen molar-refractivity contribution in [3.05, 3.63) is 29.8 Å². The number of thiocarbonyl (C=S) groups is 1. The van der Waals surface area contributed by atoms with E-state index >= 15 is 0 Å². The van der Waals surface area contributed by atoms with Crippen molar-refractivity contribution in [2.75, 3.05) is 25.1 Å². The van der Waals surface area contributed by atoms with Gasteiger partial charge in [-0.25, -0.2) is 0 Å². The standard InChI is InChI=1S/C12H18N2OS/c1-14(8-2-3-9-15)11-6-4-10(5-7-11)12(13)16/h4-7,15H,2-3,8-9H2,1H3,(H2,13,16). The molecule has 0 radical (unpaired) electrons. The molecule has 1 rings (SSSR count). The fraction of sp³-hybridized carbons (Fsp3) is 0.417.